The van der Waals surface area contributed by atoms with Gasteiger partial charge in [-0.05, 0) is 31.9 Å². The van der Waals surface area contributed by atoms with Crippen LogP contribution in [0.3, 0.4) is 0 Å². The molecule has 1 saturated heterocycles. The van der Waals surface area contributed by atoms with Gasteiger partial charge in [-0.15, -0.1) is 0 Å². The van der Waals surface area contributed by atoms with Crippen LogP contribution in [0.25, 0.3) is 0 Å². The Morgan fingerprint density at radius 2 is 1.90 bits per heavy atom. The third kappa shape index (κ3) is 3.17. The van der Waals surface area contributed by atoms with Gasteiger partial charge >= 0.3 is 0 Å². The molecule has 1 atom stereocenters. The van der Waals surface area contributed by atoms with Gasteiger partial charge in [0.2, 0.25) is 5.95 Å². The molecule has 3 rings (SSSR count). The quantitative estimate of drug-likeness (QED) is 0.767. The van der Waals surface area contributed by atoms with Crippen LogP contribution in [-0.4, -0.2) is 71.9 Å². The Labute approximate surface area is 126 Å². The Morgan fingerprint density at radius 1 is 1.24 bits per heavy atom. The van der Waals surface area contributed by atoms with Gasteiger partial charge in [0.1, 0.15) is 0 Å². The van der Waals surface area contributed by atoms with Crippen LogP contribution in [0.15, 0.2) is 18.5 Å². The van der Waals surface area contributed by atoms with E-state index in [1.807, 2.05) is 13.1 Å². The van der Waals surface area contributed by atoms with Crippen LogP contribution in [0, 0.1) is 5.92 Å². The lowest BCUT2D eigenvalue weighted by Gasteiger charge is -2.41. The van der Waals surface area contributed by atoms with E-state index in [1.165, 1.54) is 12.8 Å². The van der Waals surface area contributed by atoms with E-state index in [2.05, 4.69) is 25.1 Å². The summed E-state index contributed by atoms with van der Waals surface area (Å²) in [6, 6.07) is 1.85. The Kier molecular flexibility index (Phi) is 4.37. The van der Waals surface area contributed by atoms with Gasteiger partial charge in [-0.3, -0.25) is 4.90 Å². The molecule has 1 saturated carbocycles. The number of aliphatic hydroxyl groups is 1. The number of hydrogen-bond acceptors (Lipinski definition) is 6. The monoisotopic (exact) mass is 291 g/mol. The standard InChI is InChI=1S/C15H25N5O/c1-16-15(12-21,13-3-4-13)11-19-7-9-20(10-8-19)14-17-5-2-6-18-14/h2,5-6,13,16,21H,3-4,7-12H2,1H3. The van der Waals surface area contributed by atoms with Crippen molar-refractivity contribution in [3.8, 4) is 0 Å². The van der Waals surface area contributed by atoms with Crippen molar-refractivity contribution < 1.29 is 5.11 Å². The third-order valence-electron chi connectivity index (χ3n) is 4.85. The van der Waals surface area contributed by atoms with Crippen LogP contribution < -0.4 is 10.2 Å². The Morgan fingerprint density at radius 3 is 2.43 bits per heavy atom. The summed E-state index contributed by atoms with van der Waals surface area (Å²) in [5, 5.41) is 13.2. The van der Waals surface area contributed by atoms with Crippen LogP contribution in [0.5, 0.6) is 0 Å². The normalized spacial score (nSPS) is 23.0. The maximum atomic E-state index is 9.83. The number of piperazine rings is 1. The van der Waals surface area contributed by atoms with E-state index in [-0.39, 0.29) is 12.1 Å². The summed E-state index contributed by atoms with van der Waals surface area (Å²) in [7, 11) is 1.97. The Balaban J connectivity index is 1.56. The molecule has 2 N–H and O–H groups in total. The van der Waals surface area contributed by atoms with E-state index in [1.54, 1.807) is 12.4 Å². The van der Waals surface area contributed by atoms with Crippen LogP contribution in [-0.2, 0) is 0 Å². The number of rotatable bonds is 6. The number of aromatic nitrogens is 2. The lowest BCUT2D eigenvalue weighted by Crippen LogP contribution is -2.59. The average Bonchev–Trinajstić information content (AvgIpc) is 3.39. The second kappa shape index (κ2) is 6.25. The van der Waals surface area contributed by atoms with Crippen molar-refractivity contribution in [2.45, 2.75) is 18.4 Å². The molecule has 6 nitrogen and oxygen atoms in total. The highest BCUT2D eigenvalue weighted by molar-refractivity contribution is 5.29. The molecule has 1 unspecified atom stereocenters. The fourth-order valence-corrected chi connectivity index (χ4v) is 3.27. The van der Waals surface area contributed by atoms with Crippen molar-refractivity contribution in [3.63, 3.8) is 0 Å². The third-order valence-corrected chi connectivity index (χ3v) is 4.85. The minimum absolute atomic E-state index is 0.120. The fourth-order valence-electron chi connectivity index (χ4n) is 3.27. The van der Waals surface area contributed by atoms with Gasteiger partial charge in [-0.1, -0.05) is 0 Å². The predicted octanol–water partition coefficient (Wildman–Crippen LogP) is -0.0409. The number of anilines is 1. The zero-order valence-corrected chi connectivity index (χ0v) is 12.7. The summed E-state index contributed by atoms with van der Waals surface area (Å²) in [6.45, 7) is 5.02. The van der Waals surface area contributed by atoms with Crippen LogP contribution in [0.1, 0.15) is 12.8 Å². The van der Waals surface area contributed by atoms with Crippen molar-refractivity contribution >= 4 is 5.95 Å². The van der Waals surface area contributed by atoms with Crippen LogP contribution in [0.2, 0.25) is 0 Å². The summed E-state index contributed by atoms with van der Waals surface area (Å²) in [5.74, 6) is 1.45. The molecule has 1 aromatic heterocycles. The number of likely N-dealkylation sites (N-methyl/N-ethyl adjacent to an activating group) is 1. The number of nitrogens with zero attached hydrogens (tertiary/aromatic N) is 4. The van der Waals surface area contributed by atoms with Gasteiger partial charge in [0.15, 0.2) is 0 Å². The first-order valence-electron chi connectivity index (χ1n) is 7.81. The lowest BCUT2D eigenvalue weighted by atomic mass is 9.93. The number of nitrogens with one attached hydrogen (secondary N) is 1. The molecule has 1 aliphatic carbocycles. The van der Waals surface area contributed by atoms with Crippen molar-refractivity contribution in [2.75, 3.05) is 51.3 Å². The van der Waals surface area contributed by atoms with Crippen molar-refractivity contribution in [1.82, 2.24) is 20.2 Å². The van der Waals surface area contributed by atoms with Gasteiger partial charge < -0.3 is 15.3 Å². The molecular formula is C15H25N5O. The molecule has 0 spiro atoms. The van der Waals surface area contributed by atoms with E-state index in [0.717, 1.165) is 38.7 Å². The maximum absolute atomic E-state index is 9.83. The summed E-state index contributed by atoms with van der Waals surface area (Å²) < 4.78 is 0. The van der Waals surface area contributed by atoms with Gasteiger partial charge in [0.05, 0.1) is 12.1 Å². The average molecular weight is 291 g/mol. The van der Waals surface area contributed by atoms with E-state index >= 15 is 0 Å². The summed E-state index contributed by atoms with van der Waals surface area (Å²) in [6.07, 6.45) is 6.05. The van der Waals surface area contributed by atoms with Gasteiger partial charge in [0.25, 0.3) is 0 Å². The molecule has 0 radical (unpaired) electrons. The predicted molar refractivity (Wildman–Crippen MR) is 82.3 cm³/mol. The second-order valence-corrected chi connectivity index (χ2v) is 6.15. The van der Waals surface area contributed by atoms with Gasteiger partial charge in [-0.25, -0.2) is 9.97 Å². The van der Waals surface area contributed by atoms with E-state index in [0.29, 0.717) is 5.92 Å². The first-order chi connectivity index (χ1) is 10.3. The topological polar surface area (TPSA) is 64.5 Å². The molecule has 2 fully saturated rings. The van der Waals surface area contributed by atoms with Crippen molar-refractivity contribution in [3.05, 3.63) is 18.5 Å². The second-order valence-electron chi connectivity index (χ2n) is 6.15. The molecule has 1 aliphatic heterocycles. The van der Waals surface area contributed by atoms with Crippen LogP contribution in [0.4, 0.5) is 5.95 Å². The van der Waals surface area contributed by atoms with Gasteiger partial charge in [0, 0.05) is 45.1 Å². The molecule has 116 valence electrons. The lowest BCUT2D eigenvalue weighted by molar-refractivity contribution is 0.0936. The molecule has 6 heteroatoms. The molecular weight excluding hydrogens is 266 g/mol. The van der Waals surface area contributed by atoms with E-state index in [4.69, 9.17) is 0 Å². The van der Waals surface area contributed by atoms with E-state index in [9.17, 15) is 5.11 Å². The molecule has 2 heterocycles. The number of aliphatic hydroxyl groups excluding tert-OH is 1. The summed E-state index contributed by atoms with van der Waals surface area (Å²) in [5.41, 5.74) is -0.120. The molecule has 0 aromatic carbocycles. The SMILES string of the molecule is CNC(CO)(CN1CCN(c2ncccn2)CC1)C1CC1. The largest absolute Gasteiger partial charge is 0.394 e. The fraction of sp³-hybridized carbons (Fsp3) is 0.733. The zero-order valence-electron chi connectivity index (χ0n) is 12.7. The molecule has 2 aliphatic rings. The first-order valence-corrected chi connectivity index (χ1v) is 7.81. The molecule has 21 heavy (non-hydrogen) atoms. The highest BCUT2D eigenvalue weighted by Crippen LogP contribution is 2.39. The summed E-state index contributed by atoms with van der Waals surface area (Å²) in [4.78, 5) is 13.3. The minimum atomic E-state index is -0.120. The highest BCUT2D eigenvalue weighted by atomic mass is 16.3. The molecule has 1 aromatic rings. The molecule has 0 amide bonds. The maximum Gasteiger partial charge on any atom is 0.225 e. The summed E-state index contributed by atoms with van der Waals surface area (Å²) >= 11 is 0. The molecule has 0 bridgehead atoms. The number of hydrogen-bond donors (Lipinski definition) is 2. The minimum Gasteiger partial charge on any atom is -0.394 e. The van der Waals surface area contributed by atoms with E-state index < -0.39 is 0 Å². The zero-order chi connectivity index (χ0) is 14.7. The Hall–Kier alpha value is -1.24. The highest BCUT2D eigenvalue weighted by Gasteiger charge is 2.45. The van der Waals surface area contributed by atoms with Crippen LogP contribution >= 0.6 is 0 Å². The van der Waals surface area contributed by atoms with Crippen molar-refractivity contribution in [1.29, 1.82) is 0 Å². The van der Waals surface area contributed by atoms with Gasteiger partial charge in [-0.2, -0.15) is 0 Å². The smallest absolute Gasteiger partial charge is 0.225 e. The first kappa shape index (κ1) is 14.7. The Bertz CT molecular complexity index is 439. The van der Waals surface area contributed by atoms with Crippen molar-refractivity contribution in [2.24, 2.45) is 5.92 Å².